The number of benzene rings is 1. The summed E-state index contributed by atoms with van der Waals surface area (Å²) in [5.41, 5.74) is 4.09. The summed E-state index contributed by atoms with van der Waals surface area (Å²) in [6.45, 7) is 0. The van der Waals surface area contributed by atoms with E-state index in [1.54, 1.807) is 67.1 Å². The summed E-state index contributed by atoms with van der Waals surface area (Å²) in [5.74, 6) is 0. The van der Waals surface area contributed by atoms with E-state index >= 15 is 0 Å². The van der Waals surface area contributed by atoms with Gasteiger partial charge < -0.3 is 10.5 Å². The predicted molar refractivity (Wildman–Crippen MR) is 159 cm³/mol. The minimum atomic E-state index is -3.79. The molecule has 15 heteroatoms. The first kappa shape index (κ1) is 32.2. The van der Waals surface area contributed by atoms with Crippen molar-refractivity contribution in [2.45, 2.75) is 4.90 Å². The number of fused-ring (bicyclic) bond motifs is 2. The third-order valence-corrected chi connectivity index (χ3v) is 8.12. The van der Waals surface area contributed by atoms with E-state index in [1.807, 2.05) is 24.4 Å². The van der Waals surface area contributed by atoms with E-state index in [4.69, 9.17) is 23.2 Å². The Kier molecular flexibility index (Phi) is 10.2. The molecule has 7 rings (SSSR count). The summed E-state index contributed by atoms with van der Waals surface area (Å²) < 4.78 is 27.2. The van der Waals surface area contributed by atoms with Crippen LogP contribution in [0.25, 0.3) is 44.6 Å². The molecule has 6 aromatic heterocycles. The molecule has 0 aliphatic rings. The summed E-state index contributed by atoms with van der Waals surface area (Å²) in [6.07, 6.45) is 9.84. The van der Waals surface area contributed by atoms with Crippen LogP contribution < -0.4 is 29.6 Å². The number of H-pyrrole nitrogens is 1. The maximum Gasteiger partial charge on any atom is 1.00 e. The van der Waals surface area contributed by atoms with Crippen molar-refractivity contribution in [3.05, 3.63) is 114 Å². The van der Waals surface area contributed by atoms with Crippen molar-refractivity contribution in [2.24, 2.45) is 0 Å². The molecule has 0 fully saturated rings. The van der Waals surface area contributed by atoms with Crippen LogP contribution in [0.5, 0.6) is 0 Å². The van der Waals surface area contributed by atoms with Crippen LogP contribution in [0.1, 0.15) is 0 Å². The van der Waals surface area contributed by atoms with Crippen molar-refractivity contribution in [1.29, 1.82) is 0 Å². The molecule has 0 aliphatic carbocycles. The van der Waals surface area contributed by atoms with Crippen LogP contribution >= 0.6 is 23.2 Å². The van der Waals surface area contributed by atoms with Gasteiger partial charge in [0.1, 0.15) is 5.65 Å². The van der Waals surface area contributed by atoms with E-state index in [1.165, 1.54) is 16.4 Å². The van der Waals surface area contributed by atoms with Crippen LogP contribution in [0.15, 0.2) is 109 Å². The summed E-state index contributed by atoms with van der Waals surface area (Å²) >= 11 is 11.6. The van der Waals surface area contributed by atoms with Crippen molar-refractivity contribution in [3.63, 3.8) is 0 Å². The van der Waals surface area contributed by atoms with E-state index in [2.05, 4.69) is 34.9 Å². The third kappa shape index (κ3) is 6.60. The first-order chi connectivity index (χ1) is 19.9. The Morgan fingerprint density at radius 2 is 1.28 bits per heavy atom. The number of aromatic nitrogens is 8. The quantitative estimate of drug-likeness (QED) is 0.225. The van der Waals surface area contributed by atoms with Crippen LogP contribution in [0, 0.1) is 0 Å². The van der Waals surface area contributed by atoms with Gasteiger partial charge in [-0.25, -0.2) is 42.3 Å². The zero-order valence-corrected chi connectivity index (χ0v) is 26.7. The average Bonchev–Trinajstić information content (AvgIpc) is 3.61. The summed E-state index contributed by atoms with van der Waals surface area (Å²) in [4.78, 5) is 27.8. The maximum atomic E-state index is 13.0. The van der Waals surface area contributed by atoms with Crippen LogP contribution in [0.2, 0.25) is 10.6 Å². The molecule has 0 spiro atoms. The van der Waals surface area contributed by atoms with Gasteiger partial charge in [0.05, 0.1) is 16.3 Å². The summed E-state index contributed by atoms with van der Waals surface area (Å²) in [6, 6.07) is 19.1. The molecule has 11 nitrogen and oxygen atoms in total. The number of pyridine rings is 2. The minimum Gasteiger partial charge on any atom is -0.870 e. The predicted octanol–water partition coefficient (Wildman–Crippen LogP) is 2.88. The second kappa shape index (κ2) is 13.7. The number of halogens is 2. The summed E-state index contributed by atoms with van der Waals surface area (Å²) in [5, 5.41) is 2.03. The molecule has 7 aromatic rings. The molecule has 0 bridgehead atoms. The first-order valence-electron chi connectivity index (χ1n) is 12.1. The fourth-order valence-electron chi connectivity index (χ4n) is 4.26. The van der Waals surface area contributed by atoms with Crippen LogP contribution in [-0.2, 0) is 10.0 Å². The molecule has 0 atom stereocenters. The Bertz CT molecular complexity index is 2130. The molecule has 210 valence electrons. The largest absolute Gasteiger partial charge is 1.00 e. The van der Waals surface area contributed by atoms with Gasteiger partial charge in [-0.3, -0.25) is 0 Å². The number of nitrogens with zero attached hydrogens (tertiary/aromatic N) is 7. The van der Waals surface area contributed by atoms with Gasteiger partial charge >= 0.3 is 29.6 Å². The van der Waals surface area contributed by atoms with Gasteiger partial charge in [0, 0.05) is 59.1 Å². The normalized spacial score (nSPS) is 10.8. The third-order valence-electron chi connectivity index (χ3n) is 6.09. The molecule has 0 amide bonds. The Balaban J connectivity index is 0.000000204. The van der Waals surface area contributed by atoms with Crippen LogP contribution in [0.3, 0.4) is 0 Å². The number of hydrogen-bond donors (Lipinski definition) is 1. The monoisotopic (exact) mass is 640 g/mol. The van der Waals surface area contributed by atoms with E-state index in [0.29, 0.717) is 22.3 Å². The van der Waals surface area contributed by atoms with Crippen LogP contribution in [0.4, 0.5) is 0 Å². The number of rotatable bonds is 4. The molecule has 0 aliphatic heterocycles. The minimum absolute atomic E-state index is 0. The van der Waals surface area contributed by atoms with Gasteiger partial charge in [-0.15, -0.1) is 0 Å². The van der Waals surface area contributed by atoms with Crippen molar-refractivity contribution >= 4 is 55.3 Å². The molecule has 0 saturated carbocycles. The Hall–Kier alpha value is -3.75. The molecule has 0 saturated heterocycles. The van der Waals surface area contributed by atoms with Crippen molar-refractivity contribution in [3.8, 4) is 22.5 Å². The van der Waals surface area contributed by atoms with Gasteiger partial charge in [0.2, 0.25) is 10.6 Å². The molecule has 6 heterocycles. The van der Waals surface area contributed by atoms with E-state index in [-0.39, 0.29) is 50.5 Å². The molecular weight excluding hydrogens is 622 g/mol. The zero-order valence-electron chi connectivity index (χ0n) is 22.4. The Labute approximate surface area is 277 Å². The second-order valence-electron chi connectivity index (χ2n) is 8.56. The van der Waals surface area contributed by atoms with Gasteiger partial charge in [-0.05, 0) is 71.7 Å². The van der Waals surface area contributed by atoms with Gasteiger partial charge in [0.15, 0.2) is 5.65 Å². The smallest absolute Gasteiger partial charge is 0.870 e. The number of hydrogen-bond acceptors (Lipinski definition) is 9. The van der Waals surface area contributed by atoms with E-state index in [0.717, 1.165) is 22.3 Å². The first-order valence-corrected chi connectivity index (χ1v) is 14.3. The fourth-order valence-corrected chi connectivity index (χ4v) is 5.90. The maximum absolute atomic E-state index is 13.0. The average molecular weight is 641 g/mol. The van der Waals surface area contributed by atoms with Gasteiger partial charge in [-0.1, -0.05) is 18.2 Å². The van der Waals surface area contributed by atoms with Crippen molar-refractivity contribution < 1.29 is 43.5 Å². The van der Waals surface area contributed by atoms with E-state index < -0.39 is 10.0 Å². The molecule has 2 N–H and O–H groups in total. The van der Waals surface area contributed by atoms with Gasteiger partial charge in [0.25, 0.3) is 10.0 Å². The molecule has 0 radical (unpaired) electrons. The standard InChI is InChI=1S/C17H11ClN4O2S.C11H7ClN4.Na.H2O/c18-17-20-10-8-15(21-17)14-11-22(16-13(14)7-4-9-19-16)25(23,24)12-5-2-1-3-6-12;12-11-14-5-3-9(16-11)8-6-15-10-7(8)2-1-4-13-10;;/h1-11H;1-6H,(H,13,15);;1H2/q;;+1;/p-1. The zero-order chi connectivity index (χ0) is 28.4. The van der Waals surface area contributed by atoms with E-state index in [9.17, 15) is 8.42 Å². The number of nitrogens with one attached hydrogen (secondary N) is 1. The Morgan fingerprint density at radius 3 is 1.93 bits per heavy atom. The SMILES string of the molecule is Clc1nccc(-c2c[nH]c3ncccc23)n1.O=S(=O)(c1ccccc1)n1cc(-c2ccnc(Cl)n2)c2cccnc21.[Na+].[OH-]. The van der Waals surface area contributed by atoms with Gasteiger partial charge in [-0.2, -0.15) is 0 Å². The fraction of sp³-hybridized carbons (Fsp3) is 0. The van der Waals surface area contributed by atoms with Crippen molar-refractivity contribution in [1.82, 2.24) is 38.9 Å². The topological polar surface area (TPSA) is 162 Å². The molecular formula is C28H19Cl2N8NaO3S. The second-order valence-corrected chi connectivity index (χ2v) is 11.0. The number of aromatic amines is 1. The van der Waals surface area contributed by atoms with Crippen molar-refractivity contribution in [2.75, 3.05) is 0 Å². The Morgan fingerprint density at radius 1 is 0.674 bits per heavy atom. The molecule has 43 heavy (non-hydrogen) atoms. The summed E-state index contributed by atoms with van der Waals surface area (Å²) in [7, 11) is -3.79. The molecule has 1 aromatic carbocycles. The molecule has 0 unspecified atom stereocenters. The van der Waals surface area contributed by atoms with Crippen LogP contribution in [-0.4, -0.2) is 52.8 Å².